The highest BCUT2D eigenvalue weighted by atomic mass is 16.5. The molecule has 5 nitrogen and oxygen atoms in total. The number of oxime groups is 1. The molecule has 0 aliphatic heterocycles. The van der Waals surface area contributed by atoms with E-state index in [-0.39, 0.29) is 0 Å². The lowest BCUT2D eigenvalue weighted by Gasteiger charge is -2.18. The van der Waals surface area contributed by atoms with E-state index in [2.05, 4.69) is 23.9 Å². The van der Waals surface area contributed by atoms with Gasteiger partial charge in [0, 0.05) is 12.1 Å². The van der Waals surface area contributed by atoms with Crippen LogP contribution in [-0.4, -0.2) is 49.7 Å². The molecule has 0 heterocycles. The van der Waals surface area contributed by atoms with Gasteiger partial charge < -0.3 is 19.6 Å². The number of likely N-dealkylation sites (N-methyl/N-ethyl adjacent to an activating group) is 1. The minimum absolute atomic E-state index is 0.595. The van der Waals surface area contributed by atoms with Gasteiger partial charge in [0.15, 0.2) is 11.5 Å². The molecule has 1 aromatic rings. The average molecular weight is 266 g/mol. The van der Waals surface area contributed by atoms with Crippen molar-refractivity contribution in [1.82, 2.24) is 4.90 Å². The Balaban J connectivity index is 2.67. The van der Waals surface area contributed by atoms with E-state index in [1.54, 1.807) is 25.3 Å². The summed E-state index contributed by atoms with van der Waals surface area (Å²) in [7, 11) is 1.60. The van der Waals surface area contributed by atoms with Crippen molar-refractivity contribution in [2.75, 3.05) is 33.4 Å². The molecule has 0 aliphatic rings. The van der Waals surface area contributed by atoms with E-state index in [0.717, 1.165) is 25.2 Å². The largest absolute Gasteiger partial charge is 0.493 e. The van der Waals surface area contributed by atoms with Crippen molar-refractivity contribution in [2.45, 2.75) is 13.8 Å². The van der Waals surface area contributed by atoms with Gasteiger partial charge in [0.1, 0.15) is 6.61 Å². The highest BCUT2D eigenvalue weighted by molar-refractivity contribution is 5.80. The zero-order valence-corrected chi connectivity index (χ0v) is 11.8. The van der Waals surface area contributed by atoms with Crippen LogP contribution in [0.3, 0.4) is 0 Å². The summed E-state index contributed by atoms with van der Waals surface area (Å²) in [6.45, 7) is 7.74. The molecule has 0 fully saturated rings. The number of hydrogen-bond donors (Lipinski definition) is 1. The molecule has 0 unspecified atom stereocenters. The molecule has 1 N–H and O–H groups in total. The number of hydrogen-bond acceptors (Lipinski definition) is 5. The topological polar surface area (TPSA) is 54.3 Å². The Kier molecular flexibility index (Phi) is 6.74. The normalized spacial score (nSPS) is 11.2. The van der Waals surface area contributed by atoms with Crippen LogP contribution in [0.15, 0.2) is 23.4 Å². The second kappa shape index (κ2) is 8.37. The Morgan fingerprint density at radius 1 is 1.26 bits per heavy atom. The van der Waals surface area contributed by atoms with Crippen LogP contribution >= 0.6 is 0 Å². The van der Waals surface area contributed by atoms with E-state index >= 15 is 0 Å². The molecule has 0 aromatic heterocycles. The van der Waals surface area contributed by atoms with Crippen LogP contribution < -0.4 is 9.47 Å². The summed E-state index contributed by atoms with van der Waals surface area (Å²) in [4.78, 5) is 2.28. The first-order chi connectivity index (χ1) is 9.24. The molecule has 1 aromatic carbocycles. The van der Waals surface area contributed by atoms with Crippen LogP contribution in [0.25, 0.3) is 0 Å². The fourth-order valence-electron chi connectivity index (χ4n) is 1.78. The molecule has 0 amide bonds. The number of methoxy groups -OCH3 is 1. The predicted molar refractivity (Wildman–Crippen MR) is 75.7 cm³/mol. The molecule has 0 aliphatic carbocycles. The highest BCUT2D eigenvalue weighted by Crippen LogP contribution is 2.27. The minimum atomic E-state index is 0.595. The number of nitrogens with zero attached hydrogens (tertiary/aromatic N) is 2. The van der Waals surface area contributed by atoms with Gasteiger partial charge in [0.2, 0.25) is 0 Å². The van der Waals surface area contributed by atoms with Crippen LogP contribution in [-0.2, 0) is 0 Å². The monoisotopic (exact) mass is 266 g/mol. The van der Waals surface area contributed by atoms with Crippen LogP contribution in [0.4, 0.5) is 0 Å². The van der Waals surface area contributed by atoms with Gasteiger partial charge in [-0.15, -0.1) is 0 Å². The predicted octanol–water partition coefficient (Wildman–Crippen LogP) is 2.22. The zero-order valence-electron chi connectivity index (χ0n) is 11.8. The van der Waals surface area contributed by atoms with Crippen LogP contribution in [0, 0.1) is 0 Å². The molecule has 0 spiro atoms. The fraction of sp³-hybridized carbons (Fsp3) is 0.500. The van der Waals surface area contributed by atoms with Gasteiger partial charge in [-0.05, 0) is 31.3 Å². The molecule has 0 radical (unpaired) electrons. The summed E-state index contributed by atoms with van der Waals surface area (Å²) < 4.78 is 11.0. The van der Waals surface area contributed by atoms with E-state index in [4.69, 9.17) is 14.7 Å². The Bertz CT molecular complexity index is 404. The summed E-state index contributed by atoms with van der Waals surface area (Å²) in [5, 5.41) is 11.5. The van der Waals surface area contributed by atoms with Gasteiger partial charge >= 0.3 is 0 Å². The third-order valence-corrected chi connectivity index (χ3v) is 2.95. The lowest BCUT2D eigenvalue weighted by molar-refractivity contribution is 0.217. The maximum absolute atomic E-state index is 8.54. The maximum Gasteiger partial charge on any atom is 0.161 e. The SMILES string of the molecule is CCN(CC)CCOc1cc(C=NO)ccc1OC. The lowest BCUT2D eigenvalue weighted by Crippen LogP contribution is -2.27. The first-order valence-corrected chi connectivity index (χ1v) is 6.45. The average Bonchev–Trinajstić information content (AvgIpc) is 2.44. The molecule has 0 atom stereocenters. The molecule has 1 rings (SSSR count). The number of ether oxygens (including phenoxy) is 2. The maximum atomic E-state index is 8.54. The van der Waals surface area contributed by atoms with Crippen molar-refractivity contribution >= 4 is 6.21 Å². The summed E-state index contributed by atoms with van der Waals surface area (Å²) in [5.74, 6) is 1.33. The van der Waals surface area contributed by atoms with E-state index in [9.17, 15) is 0 Å². The van der Waals surface area contributed by atoms with Crippen LogP contribution in [0.2, 0.25) is 0 Å². The molecule has 0 saturated carbocycles. The Hall–Kier alpha value is -1.75. The van der Waals surface area contributed by atoms with Crippen molar-refractivity contribution < 1.29 is 14.7 Å². The summed E-state index contributed by atoms with van der Waals surface area (Å²) in [5.41, 5.74) is 0.765. The minimum Gasteiger partial charge on any atom is -0.493 e. The molecule has 106 valence electrons. The third-order valence-electron chi connectivity index (χ3n) is 2.95. The summed E-state index contributed by atoms with van der Waals surface area (Å²) >= 11 is 0. The van der Waals surface area contributed by atoms with Gasteiger partial charge in [-0.3, -0.25) is 0 Å². The van der Waals surface area contributed by atoms with E-state index in [1.165, 1.54) is 6.21 Å². The number of rotatable bonds is 8. The third kappa shape index (κ3) is 4.79. The molecule has 0 saturated heterocycles. The van der Waals surface area contributed by atoms with Gasteiger partial charge in [0.25, 0.3) is 0 Å². The van der Waals surface area contributed by atoms with Crippen molar-refractivity contribution in [3.8, 4) is 11.5 Å². The second-order valence-electron chi connectivity index (χ2n) is 4.03. The molecular formula is C14H22N2O3. The second-order valence-corrected chi connectivity index (χ2v) is 4.03. The lowest BCUT2D eigenvalue weighted by atomic mass is 10.2. The first-order valence-electron chi connectivity index (χ1n) is 6.45. The molecule has 5 heteroatoms. The van der Waals surface area contributed by atoms with Gasteiger partial charge in [-0.25, -0.2) is 0 Å². The van der Waals surface area contributed by atoms with Gasteiger partial charge in [0.05, 0.1) is 13.3 Å². The Labute approximate surface area is 114 Å². The Morgan fingerprint density at radius 3 is 2.58 bits per heavy atom. The van der Waals surface area contributed by atoms with Gasteiger partial charge in [-0.2, -0.15) is 0 Å². The molecule has 19 heavy (non-hydrogen) atoms. The van der Waals surface area contributed by atoms with Gasteiger partial charge in [-0.1, -0.05) is 19.0 Å². The quantitative estimate of drug-likeness (QED) is 0.445. The Morgan fingerprint density at radius 2 is 2.00 bits per heavy atom. The molecule has 0 bridgehead atoms. The highest BCUT2D eigenvalue weighted by Gasteiger charge is 2.06. The zero-order chi connectivity index (χ0) is 14.1. The summed E-state index contributed by atoms with van der Waals surface area (Å²) in [6, 6.07) is 5.39. The van der Waals surface area contributed by atoms with Crippen molar-refractivity contribution in [2.24, 2.45) is 5.16 Å². The van der Waals surface area contributed by atoms with E-state index in [1.807, 2.05) is 0 Å². The van der Waals surface area contributed by atoms with Crippen molar-refractivity contribution in [3.63, 3.8) is 0 Å². The standard InChI is InChI=1S/C14H22N2O3/c1-4-16(5-2)8-9-19-14-10-12(11-15-17)6-7-13(14)18-3/h6-7,10-11,17H,4-5,8-9H2,1-3H3. The first kappa shape index (κ1) is 15.3. The molecular weight excluding hydrogens is 244 g/mol. The van der Waals surface area contributed by atoms with Crippen molar-refractivity contribution in [3.05, 3.63) is 23.8 Å². The smallest absolute Gasteiger partial charge is 0.161 e. The van der Waals surface area contributed by atoms with Crippen LogP contribution in [0.5, 0.6) is 11.5 Å². The van der Waals surface area contributed by atoms with E-state index in [0.29, 0.717) is 18.1 Å². The van der Waals surface area contributed by atoms with E-state index < -0.39 is 0 Å². The van der Waals surface area contributed by atoms with Crippen molar-refractivity contribution in [1.29, 1.82) is 0 Å². The van der Waals surface area contributed by atoms with Crippen LogP contribution in [0.1, 0.15) is 19.4 Å². The number of benzene rings is 1. The fourth-order valence-corrected chi connectivity index (χ4v) is 1.78. The summed E-state index contributed by atoms with van der Waals surface area (Å²) in [6.07, 6.45) is 1.36.